The second-order valence-electron chi connectivity index (χ2n) is 5.11. The fourth-order valence-corrected chi connectivity index (χ4v) is 2.97. The molecule has 0 bridgehead atoms. The number of aryl methyl sites for hydroxylation is 3. The van der Waals surface area contributed by atoms with Crippen molar-refractivity contribution in [2.24, 2.45) is 0 Å². The van der Waals surface area contributed by atoms with Crippen LogP contribution in [-0.2, 0) is 5.54 Å². The van der Waals surface area contributed by atoms with Crippen molar-refractivity contribution in [2.45, 2.75) is 46.6 Å². The Balaban J connectivity index is 3.27. The predicted octanol–water partition coefficient (Wildman–Crippen LogP) is 2.82. The van der Waals surface area contributed by atoms with Crippen molar-refractivity contribution in [1.29, 1.82) is 0 Å². The summed E-state index contributed by atoms with van der Waals surface area (Å²) in [6.07, 6.45) is 0.742. The normalized spacial score (nSPS) is 14.7. The highest BCUT2D eigenvalue weighted by atomic mass is 16.3. The molecule has 1 aromatic rings. The van der Waals surface area contributed by atoms with Gasteiger partial charge in [0.05, 0.1) is 0 Å². The lowest BCUT2D eigenvalue weighted by Crippen LogP contribution is -2.41. The standard InChI is InChI=1S/C15H25NO/c1-6-16-15(5,7-8-17)14-12(3)9-11(2)10-13(14)4/h9-10,16-17H,6-8H2,1-5H3. The second-order valence-corrected chi connectivity index (χ2v) is 5.11. The molecule has 17 heavy (non-hydrogen) atoms. The number of hydrogen-bond acceptors (Lipinski definition) is 2. The van der Waals surface area contributed by atoms with Crippen LogP contribution in [0.5, 0.6) is 0 Å². The average molecular weight is 235 g/mol. The molecule has 0 aliphatic rings. The van der Waals surface area contributed by atoms with Crippen LogP contribution in [0.4, 0.5) is 0 Å². The summed E-state index contributed by atoms with van der Waals surface area (Å²) in [4.78, 5) is 0. The number of aliphatic hydroxyl groups is 1. The third kappa shape index (κ3) is 3.08. The molecule has 2 nitrogen and oxygen atoms in total. The summed E-state index contributed by atoms with van der Waals surface area (Å²) in [5, 5.41) is 12.8. The molecule has 2 heteroatoms. The molecule has 0 spiro atoms. The summed E-state index contributed by atoms with van der Waals surface area (Å²) >= 11 is 0. The van der Waals surface area contributed by atoms with Gasteiger partial charge in [-0.3, -0.25) is 0 Å². The molecule has 0 fully saturated rings. The monoisotopic (exact) mass is 235 g/mol. The van der Waals surface area contributed by atoms with E-state index in [0.29, 0.717) is 0 Å². The molecule has 1 atom stereocenters. The summed E-state index contributed by atoms with van der Waals surface area (Å²) in [5.74, 6) is 0. The summed E-state index contributed by atoms with van der Waals surface area (Å²) in [7, 11) is 0. The molecule has 0 radical (unpaired) electrons. The largest absolute Gasteiger partial charge is 0.396 e. The molecule has 2 N–H and O–H groups in total. The van der Waals surface area contributed by atoms with E-state index in [9.17, 15) is 5.11 Å². The highest BCUT2D eigenvalue weighted by Crippen LogP contribution is 2.31. The molecule has 0 heterocycles. The minimum atomic E-state index is -0.134. The summed E-state index contributed by atoms with van der Waals surface area (Å²) in [6, 6.07) is 4.44. The third-order valence-corrected chi connectivity index (χ3v) is 3.41. The van der Waals surface area contributed by atoms with E-state index in [1.165, 1.54) is 22.3 Å². The van der Waals surface area contributed by atoms with Gasteiger partial charge in [0.15, 0.2) is 0 Å². The van der Waals surface area contributed by atoms with Gasteiger partial charge >= 0.3 is 0 Å². The molecule has 1 unspecified atom stereocenters. The van der Waals surface area contributed by atoms with Crippen LogP contribution >= 0.6 is 0 Å². The van der Waals surface area contributed by atoms with Crippen molar-refractivity contribution in [2.75, 3.05) is 13.2 Å². The fourth-order valence-electron chi connectivity index (χ4n) is 2.97. The maximum atomic E-state index is 9.29. The van der Waals surface area contributed by atoms with E-state index >= 15 is 0 Å². The SMILES string of the molecule is CCNC(C)(CCO)c1c(C)cc(C)cc1C. The zero-order chi connectivity index (χ0) is 13.1. The van der Waals surface area contributed by atoms with E-state index in [-0.39, 0.29) is 12.1 Å². The Morgan fingerprint density at radius 1 is 1.18 bits per heavy atom. The summed E-state index contributed by atoms with van der Waals surface area (Å²) in [6.45, 7) is 11.8. The van der Waals surface area contributed by atoms with Crippen molar-refractivity contribution in [3.63, 3.8) is 0 Å². The van der Waals surface area contributed by atoms with Gasteiger partial charge in [0.1, 0.15) is 0 Å². The second kappa shape index (κ2) is 5.65. The van der Waals surface area contributed by atoms with Crippen LogP contribution < -0.4 is 5.32 Å². The minimum Gasteiger partial charge on any atom is -0.396 e. The van der Waals surface area contributed by atoms with Gasteiger partial charge < -0.3 is 10.4 Å². The smallest absolute Gasteiger partial charge is 0.0451 e. The van der Waals surface area contributed by atoms with E-state index in [1.807, 2.05) is 0 Å². The highest BCUT2D eigenvalue weighted by molar-refractivity contribution is 5.42. The van der Waals surface area contributed by atoms with Gasteiger partial charge in [-0.15, -0.1) is 0 Å². The molecule has 0 saturated carbocycles. The van der Waals surface area contributed by atoms with Gasteiger partial charge in [-0.05, 0) is 57.4 Å². The first kappa shape index (κ1) is 14.2. The van der Waals surface area contributed by atoms with Crippen LogP contribution in [0.15, 0.2) is 12.1 Å². The van der Waals surface area contributed by atoms with Crippen LogP contribution in [0, 0.1) is 20.8 Å². The lowest BCUT2D eigenvalue weighted by atomic mass is 9.82. The van der Waals surface area contributed by atoms with Crippen LogP contribution in [-0.4, -0.2) is 18.3 Å². The first-order chi connectivity index (χ1) is 7.94. The Bertz CT molecular complexity index is 356. The van der Waals surface area contributed by atoms with E-state index in [4.69, 9.17) is 0 Å². The Kier molecular flexibility index (Phi) is 4.72. The molecule has 0 aromatic heterocycles. The van der Waals surface area contributed by atoms with Crippen LogP contribution in [0.2, 0.25) is 0 Å². The van der Waals surface area contributed by atoms with Gasteiger partial charge in [-0.2, -0.15) is 0 Å². The molecule has 1 aromatic carbocycles. The Morgan fingerprint density at radius 3 is 2.12 bits per heavy atom. The molecule has 1 rings (SSSR count). The molecule has 96 valence electrons. The Morgan fingerprint density at radius 2 is 1.71 bits per heavy atom. The summed E-state index contributed by atoms with van der Waals surface area (Å²) < 4.78 is 0. The first-order valence-corrected chi connectivity index (χ1v) is 6.39. The van der Waals surface area contributed by atoms with E-state index in [0.717, 1.165) is 13.0 Å². The number of rotatable bonds is 5. The van der Waals surface area contributed by atoms with Gasteiger partial charge in [0.25, 0.3) is 0 Å². The van der Waals surface area contributed by atoms with E-state index < -0.39 is 0 Å². The van der Waals surface area contributed by atoms with E-state index in [2.05, 4.69) is 52.1 Å². The maximum absolute atomic E-state index is 9.29. The molecular formula is C15H25NO. The molecule has 0 aliphatic carbocycles. The zero-order valence-corrected chi connectivity index (χ0v) is 11.7. The average Bonchev–Trinajstić information content (AvgIpc) is 2.15. The van der Waals surface area contributed by atoms with Crippen LogP contribution in [0.25, 0.3) is 0 Å². The Hall–Kier alpha value is -0.860. The fraction of sp³-hybridized carbons (Fsp3) is 0.600. The molecule has 0 saturated heterocycles. The lowest BCUT2D eigenvalue weighted by molar-refractivity contribution is 0.222. The van der Waals surface area contributed by atoms with Gasteiger partial charge in [-0.25, -0.2) is 0 Å². The highest BCUT2D eigenvalue weighted by Gasteiger charge is 2.28. The summed E-state index contributed by atoms with van der Waals surface area (Å²) in [5.41, 5.74) is 5.11. The van der Waals surface area contributed by atoms with Crippen molar-refractivity contribution in [3.8, 4) is 0 Å². The quantitative estimate of drug-likeness (QED) is 0.822. The number of nitrogens with one attached hydrogen (secondary N) is 1. The topological polar surface area (TPSA) is 32.3 Å². The number of aliphatic hydroxyl groups excluding tert-OH is 1. The minimum absolute atomic E-state index is 0.134. The van der Waals surface area contributed by atoms with Gasteiger partial charge in [-0.1, -0.05) is 24.6 Å². The zero-order valence-electron chi connectivity index (χ0n) is 11.7. The Labute approximate surface area is 105 Å². The predicted molar refractivity (Wildman–Crippen MR) is 73.4 cm³/mol. The lowest BCUT2D eigenvalue weighted by Gasteiger charge is -2.34. The molecule has 0 amide bonds. The number of benzene rings is 1. The van der Waals surface area contributed by atoms with Gasteiger partial charge in [0, 0.05) is 12.1 Å². The van der Waals surface area contributed by atoms with Crippen molar-refractivity contribution >= 4 is 0 Å². The van der Waals surface area contributed by atoms with E-state index in [1.54, 1.807) is 0 Å². The van der Waals surface area contributed by atoms with Crippen molar-refractivity contribution < 1.29 is 5.11 Å². The molecular weight excluding hydrogens is 210 g/mol. The van der Waals surface area contributed by atoms with Crippen molar-refractivity contribution in [3.05, 3.63) is 34.4 Å². The van der Waals surface area contributed by atoms with Crippen LogP contribution in [0.3, 0.4) is 0 Å². The van der Waals surface area contributed by atoms with Crippen molar-refractivity contribution in [1.82, 2.24) is 5.32 Å². The van der Waals surface area contributed by atoms with Gasteiger partial charge in [0.2, 0.25) is 0 Å². The maximum Gasteiger partial charge on any atom is 0.0451 e. The third-order valence-electron chi connectivity index (χ3n) is 3.41. The molecule has 0 aliphatic heterocycles. The van der Waals surface area contributed by atoms with Crippen LogP contribution in [0.1, 0.15) is 42.5 Å². The number of hydrogen-bond donors (Lipinski definition) is 2. The first-order valence-electron chi connectivity index (χ1n) is 6.39.